The molecule has 0 bridgehead atoms. The lowest BCUT2D eigenvalue weighted by molar-refractivity contribution is -0.132. The third kappa shape index (κ3) is 2.87. The van der Waals surface area contributed by atoms with Crippen LogP contribution in [0.15, 0.2) is 34.9 Å². The molecule has 2 nitrogen and oxygen atoms in total. The van der Waals surface area contributed by atoms with Gasteiger partial charge in [-0.25, -0.2) is 4.79 Å². The van der Waals surface area contributed by atoms with Crippen molar-refractivity contribution in [2.75, 3.05) is 0 Å². The average molecular weight is 232 g/mol. The lowest BCUT2D eigenvalue weighted by Gasteiger charge is -2.31. The van der Waals surface area contributed by atoms with Crippen molar-refractivity contribution < 1.29 is 9.90 Å². The first-order valence-electron chi connectivity index (χ1n) is 6.30. The van der Waals surface area contributed by atoms with E-state index in [0.29, 0.717) is 17.4 Å². The minimum absolute atomic E-state index is 0.391. The van der Waals surface area contributed by atoms with Crippen LogP contribution >= 0.6 is 0 Å². The third-order valence-corrected chi connectivity index (χ3v) is 3.72. The second kappa shape index (κ2) is 4.52. The number of carboxylic acid groups (broad SMARTS) is 1. The zero-order chi connectivity index (χ0) is 12.5. The van der Waals surface area contributed by atoms with Crippen molar-refractivity contribution >= 4 is 5.97 Å². The van der Waals surface area contributed by atoms with Gasteiger partial charge in [0.1, 0.15) is 0 Å². The van der Waals surface area contributed by atoms with E-state index in [1.165, 1.54) is 17.6 Å². The van der Waals surface area contributed by atoms with Gasteiger partial charge in [0.15, 0.2) is 0 Å². The summed E-state index contributed by atoms with van der Waals surface area (Å²) >= 11 is 0. The first kappa shape index (κ1) is 12.2. The van der Waals surface area contributed by atoms with Gasteiger partial charge in [-0.15, -0.1) is 0 Å². The number of carbonyl (C=O) groups is 1. The van der Waals surface area contributed by atoms with Crippen LogP contribution in [0.3, 0.4) is 0 Å². The molecular weight excluding hydrogens is 212 g/mol. The first-order valence-corrected chi connectivity index (χ1v) is 6.30. The Balaban J connectivity index is 2.15. The summed E-state index contributed by atoms with van der Waals surface area (Å²) in [6, 6.07) is 0. The second-order valence-electron chi connectivity index (χ2n) is 5.80. The highest BCUT2D eigenvalue weighted by Crippen LogP contribution is 2.39. The normalized spacial score (nSPS) is 23.5. The smallest absolute Gasteiger partial charge is 0.331 e. The largest absolute Gasteiger partial charge is 0.478 e. The summed E-state index contributed by atoms with van der Waals surface area (Å²) in [5.41, 5.74) is 3.69. The molecule has 0 aromatic rings. The molecule has 2 rings (SSSR count). The minimum atomic E-state index is -0.779. The molecule has 17 heavy (non-hydrogen) atoms. The Morgan fingerprint density at radius 2 is 2.00 bits per heavy atom. The number of rotatable bonds is 2. The minimum Gasteiger partial charge on any atom is -0.478 e. The van der Waals surface area contributed by atoms with Gasteiger partial charge in [0.05, 0.1) is 0 Å². The van der Waals surface area contributed by atoms with Crippen LogP contribution in [-0.2, 0) is 4.79 Å². The zero-order valence-corrected chi connectivity index (χ0v) is 10.6. The summed E-state index contributed by atoms with van der Waals surface area (Å²) in [5, 5.41) is 8.91. The van der Waals surface area contributed by atoms with Gasteiger partial charge < -0.3 is 5.11 Å². The standard InChI is InChI=1S/C15H20O2/c1-15(2)9-3-4-13(10-15)11-5-7-12(8-6-11)14(16)17/h4-5,7H,3,6,8-10H2,1-2H3,(H,16,17). The van der Waals surface area contributed by atoms with Crippen LogP contribution in [0.25, 0.3) is 0 Å². The second-order valence-corrected chi connectivity index (χ2v) is 5.80. The predicted molar refractivity (Wildman–Crippen MR) is 68.8 cm³/mol. The maximum absolute atomic E-state index is 10.8. The van der Waals surface area contributed by atoms with Crippen LogP contribution in [0.5, 0.6) is 0 Å². The molecule has 1 N–H and O–H groups in total. The van der Waals surface area contributed by atoms with Crippen molar-refractivity contribution in [1.82, 2.24) is 0 Å². The number of aliphatic carboxylic acids is 1. The molecule has 92 valence electrons. The molecule has 2 aliphatic carbocycles. The molecule has 2 aliphatic rings. The molecule has 0 saturated heterocycles. The Bertz CT molecular complexity index is 422. The van der Waals surface area contributed by atoms with Gasteiger partial charge >= 0.3 is 5.97 Å². The van der Waals surface area contributed by atoms with E-state index in [4.69, 9.17) is 5.11 Å². The Morgan fingerprint density at radius 1 is 1.24 bits per heavy atom. The van der Waals surface area contributed by atoms with Crippen molar-refractivity contribution in [2.45, 2.75) is 46.0 Å². The molecule has 0 radical (unpaired) electrons. The molecular formula is C15H20O2. The van der Waals surface area contributed by atoms with Gasteiger partial charge in [0, 0.05) is 5.57 Å². The fourth-order valence-corrected chi connectivity index (χ4v) is 2.64. The summed E-state index contributed by atoms with van der Waals surface area (Å²) in [5.74, 6) is -0.779. The van der Waals surface area contributed by atoms with E-state index >= 15 is 0 Å². The van der Waals surface area contributed by atoms with E-state index in [2.05, 4.69) is 19.9 Å². The van der Waals surface area contributed by atoms with Gasteiger partial charge in [-0.3, -0.25) is 0 Å². The first-order chi connectivity index (χ1) is 7.98. The molecule has 0 unspecified atom stereocenters. The highest BCUT2D eigenvalue weighted by molar-refractivity contribution is 5.87. The van der Waals surface area contributed by atoms with Gasteiger partial charge in [-0.05, 0) is 48.7 Å². The Morgan fingerprint density at radius 3 is 2.53 bits per heavy atom. The van der Waals surface area contributed by atoms with Crippen molar-refractivity contribution in [2.24, 2.45) is 5.41 Å². The molecule has 0 atom stereocenters. The summed E-state index contributed by atoms with van der Waals surface area (Å²) in [6.07, 6.45) is 11.2. The van der Waals surface area contributed by atoms with E-state index in [0.717, 1.165) is 19.3 Å². The Kier molecular flexibility index (Phi) is 3.23. The fraction of sp³-hybridized carbons (Fsp3) is 0.533. The monoisotopic (exact) mass is 232 g/mol. The van der Waals surface area contributed by atoms with E-state index in [9.17, 15) is 4.79 Å². The summed E-state index contributed by atoms with van der Waals surface area (Å²) in [6.45, 7) is 4.61. The third-order valence-electron chi connectivity index (χ3n) is 3.72. The van der Waals surface area contributed by atoms with Crippen molar-refractivity contribution in [3.8, 4) is 0 Å². The molecule has 0 aliphatic heterocycles. The number of carboxylic acids is 1. The van der Waals surface area contributed by atoms with E-state index in [-0.39, 0.29) is 0 Å². The van der Waals surface area contributed by atoms with Crippen LogP contribution in [0.2, 0.25) is 0 Å². The summed E-state index contributed by atoms with van der Waals surface area (Å²) in [7, 11) is 0. The molecule has 0 heterocycles. The van der Waals surface area contributed by atoms with Gasteiger partial charge in [-0.1, -0.05) is 32.1 Å². The van der Waals surface area contributed by atoms with Crippen LogP contribution in [0, 0.1) is 5.41 Å². The van der Waals surface area contributed by atoms with Crippen LogP contribution in [0.4, 0.5) is 0 Å². The molecule has 0 saturated carbocycles. The van der Waals surface area contributed by atoms with Gasteiger partial charge in [-0.2, -0.15) is 0 Å². The maximum Gasteiger partial charge on any atom is 0.331 e. The van der Waals surface area contributed by atoms with Crippen LogP contribution in [0.1, 0.15) is 46.0 Å². The lowest BCUT2D eigenvalue weighted by atomic mass is 9.74. The predicted octanol–water partition coefficient (Wildman–Crippen LogP) is 3.85. The van der Waals surface area contributed by atoms with Crippen molar-refractivity contribution in [3.63, 3.8) is 0 Å². The number of hydrogen-bond donors (Lipinski definition) is 1. The topological polar surface area (TPSA) is 37.3 Å². The summed E-state index contributed by atoms with van der Waals surface area (Å²) in [4.78, 5) is 10.8. The molecule has 0 aromatic carbocycles. The molecule has 0 aromatic heterocycles. The lowest BCUT2D eigenvalue weighted by Crippen LogP contribution is -2.17. The van der Waals surface area contributed by atoms with Crippen LogP contribution < -0.4 is 0 Å². The van der Waals surface area contributed by atoms with Gasteiger partial charge in [0.2, 0.25) is 0 Å². The quantitative estimate of drug-likeness (QED) is 0.785. The van der Waals surface area contributed by atoms with Crippen molar-refractivity contribution in [3.05, 3.63) is 34.9 Å². The number of allylic oxidation sites excluding steroid dienone is 5. The van der Waals surface area contributed by atoms with E-state index in [1.807, 2.05) is 6.08 Å². The zero-order valence-electron chi connectivity index (χ0n) is 10.6. The number of hydrogen-bond acceptors (Lipinski definition) is 1. The fourth-order valence-electron chi connectivity index (χ4n) is 2.64. The Labute approximate surface area is 103 Å². The maximum atomic E-state index is 10.8. The SMILES string of the molecule is CC1(C)CCC=C(C2=CC=C(C(=O)O)CC2)C1. The van der Waals surface area contributed by atoms with E-state index in [1.54, 1.807) is 6.08 Å². The Hall–Kier alpha value is -1.31. The van der Waals surface area contributed by atoms with Crippen LogP contribution in [-0.4, -0.2) is 11.1 Å². The highest BCUT2D eigenvalue weighted by Gasteiger charge is 2.25. The average Bonchev–Trinajstić information content (AvgIpc) is 2.28. The highest BCUT2D eigenvalue weighted by atomic mass is 16.4. The molecule has 0 spiro atoms. The molecule has 0 amide bonds. The summed E-state index contributed by atoms with van der Waals surface area (Å²) < 4.78 is 0. The van der Waals surface area contributed by atoms with Crippen molar-refractivity contribution in [1.29, 1.82) is 0 Å². The molecule has 2 heteroatoms. The van der Waals surface area contributed by atoms with E-state index < -0.39 is 5.97 Å². The van der Waals surface area contributed by atoms with Gasteiger partial charge in [0.25, 0.3) is 0 Å². The molecule has 0 fully saturated rings.